The number of morpholine rings is 1. The summed E-state index contributed by atoms with van der Waals surface area (Å²) in [6.07, 6.45) is 0.0932. The van der Waals surface area contributed by atoms with Gasteiger partial charge in [0, 0.05) is 13.1 Å². The Balaban J connectivity index is 2.04. The van der Waals surface area contributed by atoms with Crippen LogP contribution in [-0.2, 0) is 9.53 Å². The second kappa shape index (κ2) is 5.29. The molecule has 0 aliphatic carbocycles. The highest BCUT2D eigenvalue weighted by molar-refractivity contribution is 5.83. The highest BCUT2D eigenvalue weighted by Gasteiger charge is 2.26. The van der Waals surface area contributed by atoms with Gasteiger partial charge in [-0.15, -0.1) is 0 Å². The molecule has 2 rings (SSSR count). The third-order valence-electron chi connectivity index (χ3n) is 2.98. The molecule has 4 nitrogen and oxygen atoms in total. The summed E-state index contributed by atoms with van der Waals surface area (Å²) in [5.41, 5.74) is 6.84. The molecule has 17 heavy (non-hydrogen) atoms. The number of carbonyl (C=O) groups is 1. The lowest BCUT2D eigenvalue weighted by molar-refractivity contribution is -0.139. The van der Waals surface area contributed by atoms with Crippen LogP contribution in [0.5, 0.6) is 0 Å². The van der Waals surface area contributed by atoms with Gasteiger partial charge >= 0.3 is 0 Å². The Morgan fingerprint density at radius 1 is 1.47 bits per heavy atom. The highest BCUT2D eigenvalue weighted by atomic mass is 16.5. The fraction of sp³-hybridized carbons (Fsp3) is 0.462. The zero-order valence-corrected chi connectivity index (χ0v) is 10.0. The lowest BCUT2D eigenvalue weighted by Gasteiger charge is -2.32. The van der Waals surface area contributed by atoms with Gasteiger partial charge in [0.2, 0.25) is 5.91 Å². The van der Waals surface area contributed by atoms with Gasteiger partial charge in [-0.25, -0.2) is 0 Å². The molecule has 0 radical (unpaired) electrons. The van der Waals surface area contributed by atoms with Gasteiger partial charge < -0.3 is 15.4 Å². The van der Waals surface area contributed by atoms with Crippen LogP contribution in [0.1, 0.15) is 18.5 Å². The van der Waals surface area contributed by atoms with Crippen LogP contribution < -0.4 is 5.73 Å². The number of ether oxygens (including phenoxy) is 1. The first-order valence-electron chi connectivity index (χ1n) is 5.89. The van der Waals surface area contributed by atoms with Crippen LogP contribution in [0, 0.1) is 0 Å². The van der Waals surface area contributed by atoms with E-state index in [-0.39, 0.29) is 12.0 Å². The molecule has 1 heterocycles. The van der Waals surface area contributed by atoms with E-state index in [2.05, 4.69) is 0 Å². The summed E-state index contributed by atoms with van der Waals surface area (Å²) in [6, 6.07) is 8.90. The Hall–Kier alpha value is -1.39. The van der Waals surface area contributed by atoms with Crippen LogP contribution in [0.4, 0.5) is 0 Å². The minimum Gasteiger partial charge on any atom is -0.375 e. The van der Waals surface area contributed by atoms with E-state index >= 15 is 0 Å². The molecule has 2 atom stereocenters. The maximum atomic E-state index is 12.2. The van der Waals surface area contributed by atoms with Crippen molar-refractivity contribution in [1.29, 1.82) is 0 Å². The Morgan fingerprint density at radius 3 is 2.82 bits per heavy atom. The van der Waals surface area contributed by atoms with Crippen LogP contribution in [0.25, 0.3) is 0 Å². The van der Waals surface area contributed by atoms with E-state index < -0.39 is 6.04 Å². The minimum absolute atomic E-state index is 0.0219. The topological polar surface area (TPSA) is 55.6 Å². The largest absolute Gasteiger partial charge is 0.375 e. The number of rotatable bonds is 2. The van der Waals surface area contributed by atoms with Gasteiger partial charge in [0.15, 0.2) is 0 Å². The summed E-state index contributed by atoms with van der Waals surface area (Å²) >= 11 is 0. The van der Waals surface area contributed by atoms with E-state index in [4.69, 9.17) is 10.5 Å². The van der Waals surface area contributed by atoms with Gasteiger partial charge in [0.05, 0.1) is 12.7 Å². The molecule has 0 aromatic heterocycles. The van der Waals surface area contributed by atoms with Gasteiger partial charge in [-0.3, -0.25) is 4.79 Å². The summed E-state index contributed by atoms with van der Waals surface area (Å²) < 4.78 is 5.41. The van der Waals surface area contributed by atoms with Crippen molar-refractivity contribution in [1.82, 2.24) is 4.90 Å². The normalized spacial score (nSPS) is 22.2. The third kappa shape index (κ3) is 2.84. The standard InChI is InChI=1S/C13H18N2O2/c1-10-9-15(7-8-17-10)13(16)12(14)11-5-3-2-4-6-11/h2-6,10,12H,7-9,14H2,1H3/t10-,12+/m1/s1. The van der Waals surface area contributed by atoms with Crippen molar-refractivity contribution in [2.75, 3.05) is 19.7 Å². The van der Waals surface area contributed by atoms with Gasteiger partial charge in [0.1, 0.15) is 6.04 Å². The first-order chi connectivity index (χ1) is 8.18. The average molecular weight is 234 g/mol. The van der Waals surface area contributed by atoms with Crippen molar-refractivity contribution in [3.05, 3.63) is 35.9 Å². The zero-order chi connectivity index (χ0) is 12.3. The van der Waals surface area contributed by atoms with Crippen molar-refractivity contribution in [3.8, 4) is 0 Å². The summed E-state index contributed by atoms with van der Waals surface area (Å²) in [4.78, 5) is 14.0. The second-order valence-electron chi connectivity index (χ2n) is 4.35. The van der Waals surface area contributed by atoms with E-state index in [0.29, 0.717) is 19.7 Å². The Morgan fingerprint density at radius 2 is 2.18 bits per heavy atom. The first-order valence-corrected chi connectivity index (χ1v) is 5.89. The molecule has 1 saturated heterocycles. The maximum Gasteiger partial charge on any atom is 0.244 e. The molecule has 0 spiro atoms. The van der Waals surface area contributed by atoms with E-state index in [1.54, 1.807) is 4.90 Å². The molecule has 0 saturated carbocycles. The third-order valence-corrected chi connectivity index (χ3v) is 2.98. The van der Waals surface area contributed by atoms with Crippen LogP contribution in [0.2, 0.25) is 0 Å². The number of benzene rings is 1. The van der Waals surface area contributed by atoms with Crippen molar-refractivity contribution >= 4 is 5.91 Å². The average Bonchev–Trinajstić information content (AvgIpc) is 2.38. The monoisotopic (exact) mass is 234 g/mol. The SMILES string of the molecule is C[C@@H]1CN(C(=O)[C@@H](N)c2ccccc2)CCO1. The molecule has 0 unspecified atom stereocenters. The van der Waals surface area contributed by atoms with Crippen molar-refractivity contribution in [3.63, 3.8) is 0 Å². The Labute approximate surface area is 101 Å². The molecule has 1 amide bonds. The first kappa shape index (κ1) is 12.1. The number of amides is 1. The molecule has 4 heteroatoms. The van der Waals surface area contributed by atoms with Crippen molar-refractivity contribution in [2.45, 2.75) is 19.1 Å². The second-order valence-corrected chi connectivity index (χ2v) is 4.35. The molecular weight excluding hydrogens is 216 g/mol. The molecular formula is C13H18N2O2. The molecule has 1 aromatic carbocycles. The van der Waals surface area contributed by atoms with E-state index in [1.165, 1.54) is 0 Å². The van der Waals surface area contributed by atoms with Crippen LogP contribution >= 0.6 is 0 Å². The van der Waals surface area contributed by atoms with Crippen molar-refractivity contribution in [2.24, 2.45) is 5.73 Å². The van der Waals surface area contributed by atoms with Crippen LogP contribution in [0.3, 0.4) is 0 Å². The summed E-state index contributed by atoms with van der Waals surface area (Å²) in [5.74, 6) is -0.0219. The molecule has 1 aliphatic heterocycles. The fourth-order valence-corrected chi connectivity index (χ4v) is 2.02. The smallest absolute Gasteiger partial charge is 0.244 e. The molecule has 1 aliphatic rings. The molecule has 1 aromatic rings. The number of nitrogens with two attached hydrogens (primary N) is 1. The lowest BCUT2D eigenvalue weighted by atomic mass is 10.1. The molecule has 92 valence electrons. The number of carbonyl (C=O) groups excluding carboxylic acids is 1. The van der Waals surface area contributed by atoms with Crippen LogP contribution in [-0.4, -0.2) is 36.6 Å². The summed E-state index contributed by atoms with van der Waals surface area (Å²) in [5, 5.41) is 0. The van der Waals surface area contributed by atoms with Gasteiger partial charge in [-0.05, 0) is 12.5 Å². The molecule has 2 N–H and O–H groups in total. The van der Waals surface area contributed by atoms with Gasteiger partial charge in [-0.1, -0.05) is 30.3 Å². The van der Waals surface area contributed by atoms with Crippen molar-refractivity contribution < 1.29 is 9.53 Å². The molecule has 0 bridgehead atoms. The predicted octanol–water partition coefficient (Wildman–Crippen LogP) is 0.934. The highest BCUT2D eigenvalue weighted by Crippen LogP contribution is 2.15. The van der Waals surface area contributed by atoms with Crippen LogP contribution in [0.15, 0.2) is 30.3 Å². The van der Waals surface area contributed by atoms with Gasteiger partial charge in [-0.2, -0.15) is 0 Å². The number of nitrogens with zero attached hydrogens (tertiary/aromatic N) is 1. The lowest BCUT2D eigenvalue weighted by Crippen LogP contribution is -2.47. The van der Waals surface area contributed by atoms with E-state index in [0.717, 1.165) is 5.56 Å². The van der Waals surface area contributed by atoms with E-state index in [9.17, 15) is 4.79 Å². The van der Waals surface area contributed by atoms with E-state index in [1.807, 2.05) is 37.3 Å². The Bertz CT molecular complexity index is 380. The quantitative estimate of drug-likeness (QED) is 0.828. The summed E-state index contributed by atoms with van der Waals surface area (Å²) in [7, 11) is 0. The minimum atomic E-state index is -0.568. The zero-order valence-electron chi connectivity index (χ0n) is 10.0. The molecule has 1 fully saturated rings. The fourth-order valence-electron chi connectivity index (χ4n) is 2.02. The number of hydrogen-bond donors (Lipinski definition) is 1. The maximum absolute atomic E-state index is 12.2. The van der Waals surface area contributed by atoms with Gasteiger partial charge in [0.25, 0.3) is 0 Å². The number of hydrogen-bond acceptors (Lipinski definition) is 3. The Kier molecular flexibility index (Phi) is 3.76. The predicted molar refractivity (Wildman–Crippen MR) is 65.4 cm³/mol. The summed E-state index contributed by atoms with van der Waals surface area (Å²) in [6.45, 7) is 3.81.